The molecule has 11 heteroatoms. The Kier molecular flexibility index (Phi) is 8.99. The van der Waals surface area contributed by atoms with Crippen LogP contribution in [-0.4, -0.2) is 52.3 Å². The third-order valence-corrected chi connectivity index (χ3v) is 4.94. The Hall–Kier alpha value is -2.73. The van der Waals surface area contributed by atoms with Crippen molar-refractivity contribution >= 4 is 18.0 Å². The van der Waals surface area contributed by atoms with Gasteiger partial charge in [-0.2, -0.15) is 0 Å². The lowest BCUT2D eigenvalue weighted by atomic mass is 9.72. The van der Waals surface area contributed by atoms with Crippen LogP contribution in [0.1, 0.15) is 54.4 Å². The molecule has 166 valence electrons. The fourth-order valence-electron chi connectivity index (χ4n) is 3.49. The fourth-order valence-corrected chi connectivity index (χ4v) is 3.49. The van der Waals surface area contributed by atoms with Gasteiger partial charge in [-0.1, -0.05) is 31.4 Å². The van der Waals surface area contributed by atoms with Gasteiger partial charge in [0.1, 0.15) is 0 Å². The first kappa shape index (κ1) is 23.5. The summed E-state index contributed by atoms with van der Waals surface area (Å²) in [6, 6.07) is 6.04. The van der Waals surface area contributed by atoms with Gasteiger partial charge in [-0.05, 0) is 36.0 Å². The molecule has 0 aromatic heterocycles. The number of esters is 1. The lowest BCUT2D eigenvalue weighted by Crippen LogP contribution is -2.40. The van der Waals surface area contributed by atoms with Crippen molar-refractivity contribution in [2.24, 2.45) is 5.41 Å². The number of carbonyl (C=O) groups excluding carboxylic acids is 2. The number of hydrogen-bond acceptors (Lipinski definition) is 9. The summed E-state index contributed by atoms with van der Waals surface area (Å²) in [6.07, 6.45) is 3.50. The molecule has 0 unspecified atom stereocenters. The maximum absolute atomic E-state index is 12.0. The van der Waals surface area contributed by atoms with Gasteiger partial charge in [-0.3, -0.25) is 15.2 Å². The maximum atomic E-state index is 12.0. The summed E-state index contributed by atoms with van der Waals surface area (Å²) in [7, 11) is 0. The number of carboxylic acid groups (broad SMARTS) is 1. The molecule has 30 heavy (non-hydrogen) atoms. The zero-order valence-corrected chi connectivity index (χ0v) is 16.4. The Labute approximate surface area is 173 Å². The van der Waals surface area contributed by atoms with Crippen molar-refractivity contribution in [3.05, 3.63) is 35.4 Å². The van der Waals surface area contributed by atoms with Gasteiger partial charge in [0.2, 0.25) is 6.79 Å². The summed E-state index contributed by atoms with van der Waals surface area (Å²) in [4.78, 5) is 39.6. The maximum Gasteiger partial charge on any atom is 0.410 e. The largest absolute Gasteiger partial charge is 0.481 e. The number of alkyl carbamates (subject to hydrolysis) is 1. The number of aliphatic carboxylic acids is 1. The van der Waals surface area contributed by atoms with Crippen molar-refractivity contribution in [2.75, 3.05) is 13.3 Å². The van der Waals surface area contributed by atoms with E-state index in [4.69, 9.17) is 25.0 Å². The van der Waals surface area contributed by atoms with E-state index in [9.17, 15) is 14.4 Å². The summed E-state index contributed by atoms with van der Waals surface area (Å²) in [6.45, 7) is -0.621. The Balaban J connectivity index is 1.76. The Morgan fingerprint density at radius 3 is 2.50 bits per heavy atom. The summed E-state index contributed by atoms with van der Waals surface area (Å²) in [5.74, 6) is -1.65. The van der Waals surface area contributed by atoms with Gasteiger partial charge >= 0.3 is 18.0 Å². The molecular weight excluding hydrogens is 400 g/mol. The van der Waals surface area contributed by atoms with E-state index in [1.165, 1.54) is 12.1 Å². The third kappa shape index (κ3) is 7.95. The van der Waals surface area contributed by atoms with Crippen LogP contribution in [-0.2, 0) is 25.7 Å². The standard InChI is InChI=1S/C19H26N2O9/c22-16(23)10-19(7-2-1-3-8-19)12-20-18(25)29-13-28-17(24)15-6-4-5-14(9-15)11-30-21(26)27/h4-6,9,26-27H,1-3,7-8,10-13H2,(H,20,25)(H,22,23). The molecular formula is C19H26N2O9. The Morgan fingerprint density at radius 1 is 1.10 bits per heavy atom. The minimum atomic E-state index is -0.903. The van der Waals surface area contributed by atoms with E-state index in [1.807, 2.05) is 0 Å². The second kappa shape index (κ2) is 11.5. The zero-order chi connectivity index (χ0) is 22.0. The summed E-state index contributed by atoms with van der Waals surface area (Å²) in [5.41, 5.74) is 0.152. The quantitative estimate of drug-likeness (QED) is 0.249. The van der Waals surface area contributed by atoms with Crippen molar-refractivity contribution in [1.29, 1.82) is 0 Å². The SMILES string of the molecule is O=C(O)CC1(CNC(=O)OCOC(=O)c2cccc(CON(O)O)c2)CCCCC1. The number of carbonyl (C=O) groups is 3. The van der Waals surface area contributed by atoms with Gasteiger partial charge in [-0.15, -0.1) is 0 Å². The van der Waals surface area contributed by atoms with Crippen molar-refractivity contribution < 1.29 is 44.2 Å². The van der Waals surface area contributed by atoms with Crippen molar-refractivity contribution in [3.8, 4) is 0 Å². The van der Waals surface area contributed by atoms with Crippen LogP contribution < -0.4 is 5.32 Å². The van der Waals surface area contributed by atoms with E-state index in [0.717, 1.165) is 32.1 Å². The molecule has 1 fully saturated rings. The van der Waals surface area contributed by atoms with Gasteiger partial charge in [-0.25, -0.2) is 14.4 Å². The highest BCUT2D eigenvalue weighted by molar-refractivity contribution is 5.89. The summed E-state index contributed by atoms with van der Waals surface area (Å²) in [5, 5.41) is 28.4. The van der Waals surface area contributed by atoms with E-state index < -0.39 is 35.6 Å². The van der Waals surface area contributed by atoms with E-state index in [0.29, 0.717) is 5.56 Å². The van der Waals surface area contributed by atoms with Crippen LogP contribution in [0.4, 0.5) is 4.79 Å². The van der Waals surface area contributed by atoms with Crippen molar-refractivity contribution in [3.63, 3.8) is 0 Å². The van der Waals surface area contributed by atoms with Crippen molar-refractivity contribution in [1.82, 2.24) is 10.7 Å². The highest BCUT2D eigenvalue weighted by Crippen LogP contribution is 2.38. The van der Waals surface area contributed by atoms with E-state index >= 15 is 0 Å². The first-order chi connectivity index (χ1) is 14.3. The summed E-state index contributed by atoms with van der Waals surface area (Å²) < 4.78 is 9.74. The molecule has 0 saturated heterocycles. The first-order valence-electron chi connectivity index (χ1n) is 9.49. The van der Waals surface area contributed by atoms with Crippen LogP contribution in [0.3, 0.4) is 0 Å². The van der Waals surface area contributed by atoms with Gasteiger partial charge < -0.3 is 19.9 Å². The van der Waals surface area contributed by atoms with Crippen LogP contribution in [0.15, 0.2) is 24.3 Å². The van der Waals surface area contributed by atoms with Crippen LogP contribution in [0, 0.1) is 5.41 Å². The molecule has 11 nitrogen and oxygen atoms in total. The molecule has 0 aliphatic heterocycles. The molecule has 0 bridgehead atoms. The molecule has 1 amide bonds. The monoisotopic (exact) mass is 426 g/mol. The van der Waals surface area contributed by atoms with E-state index in [2.05, 4.69) is 10.2 Å². The lowest BCUT2D eigenvalue weighted by molar-refractivity contribution is -0.497. The highest BCUT2D eigenvalue weighted by atomic mass is 17.1. The third-order valence-electron chi connectivity index (χ3n) is 4.94. The number of nitrogens with one attached hydrogen (secondary N) is 1. The first-order valence-corrected chi connectivity index (χ1v) is 9.49. The number of amides is 1. The molecule has 1 aliphatic rings. The average Bonchev–Trinajstić information content (AvgIpc) is 2.71. The Morgan fingerprint density at radius 2 is 1.83 bits per heavy atom. The number of ether oxygens (including phenoxy) is 2. The molecule has 0 spiro atoms. The molecule has 0 heterocycles. The van der Waals surface area contributed by atoms with E-state index in [-0.39, 0.29) is 25.1 Å². The van der Waals surface area contributed by atoms with Gasteiger partial charge in [0.05, 0.1) is 24.0 Å². The molecule has 1 saturated carbocycles. The van der Waals surface area contributed by atoms with Gasteiger partial charge in [0, 0.05) is 6.54 Å². The predicted octanol–water partition coefficient (Wildman–Crippen LogP) is 2.46. The van der Waals surface area contributed by atoms with Crippen LogP contribution in [0.5, 0.6) is 0 Å². The molecule has 2 rings (SSSR count). The van der Waals surface area contributed by atoms with E-state index in [1.54, 1.807) is 12.1 Å². The minimum absolute atomic E-state index is 0.0212. The Bertz CT molecular complexity index is 732. The zero-order valence-electron chi connectivity index (χ0n) is 16.4. The number of carboxylic acids is 1. The lowest BCUT2D eigenvalue weighted by Gasteiger charge is -2.36. The number of rotatable bonds is 10. The highest BCUT2D eigenvalue weighted by Gasteiger charge is 2.34. The van der Waals surface area contributed by atoms with Gasteiger partial charge in [0.15, 0.2) is 0 Å². The van der Waals surface area contributed by atoms with Crippen LogP contribution in [0.25, 0.3) is 0 Å². The number of nitrogens with zero attached hydrogens (tertiary/aromatic N) is 1. The summed E-state index contributed by atoms with van der Waals surface area (Å²) >= 11 is 0. The number of benzene rings is 1. The normalized spacial score (nSPS) is 15.4. The van der Waals surface area contributed by atoms with Crippen LogP contribution >= 0.6 is 0 Å². The minimum Gasteiger partial charge on any atom is -0.481 e. The molecule has 4 N–H and O–H groups in total. The smallest absolute Gasteiger partial charge is 0.410 e. The average molecular weight is 426 g/mol. The van der Waals surface area contributed by atoms with Crippen molar-refractivity contribution in [2.45, 2.75) is 45.1 Å². The molecule has 1 aliphatic carbocycles. The van der Waals surface area contributed by atoms with Crippen LogP contribution in [0.2, 0.25) is 0 Å². The molecule has 1 aromatic rings. The molecule has 0 radical (unpaired) electrons. The second-order valence-electron chi connectivity index (χ2n) is 7.19. The second-order valence-corrected chi connectivity index (χ2v) is 7.19. The topological polar surface area (TPSA) is 155 Å². The molecule has 1 aromatic carbocycles. The fraction of sp³-hybridized carbons (Fsp3) is 0.526. The predicted molar refractivity (Wildman–Crippen MR) is 99.2 cm³/mol. The number of hydrogen-bond donors (Lipinski definition) is 4. The van der Waals surface area contributed by atoms with Gasteiger partial charge in [0.25, 0.3) is 0 Å². The molecule has 0 atom stereocenters.